The summed E-state index contributed by atoms with van der Waals surface area (Å²) in [6.07, 6.45) is 0.893. The summed E-state index contributed by atoms with van der Waals surface area (Å²) in [5, 5.41) is 5.00. The average molecular weight is 421 g/mol. The SMILES string of the molecule is CC(C)[C@@H](NC(=O)c1ccc(Br)cc1)C(=O)N1CCc2sccc2C1. The van der Waals surface area contributed by atoms with E-state index in [0.717, 1.165) is 10.9 Å². The molecule has 1 aliphatic rings. The number of carbonyl (C=O) groups is 2. The Labute approximate surface area is 160 Å². The van der Waals surface area contributed by atoms with Crippen molar-refractivity contribution in [2.75, 3.05) is 6.54 Å². The van der Waals surface area contributed by atoms with E-state index in [1.165, 1.54) is 10.4 Å². The Hall–Kier alpha value is -1.66. The van der Waals surface area contributed by atoms with E-state index in [1.54, 1.807) is 23.5 Å². The van der Waals surface area contributed by atoms with Crippen LogP contribution in [0.3, 0.4) is 0 Å². The molecule has 1 N–H and O–H groups in total. The predicted octanol–water partition coefficient (Wildman–Crippen LogP) is 3.85. The van der Waals surface area contributed by atoms with Crippen molar-refractivity contribution in [2.45, 2.75) is 32.9 Å². The van der Waals surface area contributed by atoms with Gasteiger partial charge in [0.1, 0.15) is 6.04 Å². The van der Waals surface area contributed by atoms with Crippen LogP contribution in [0.15, 0.2) is 40.2 Å². The highest BCUT2D eigenvalue weighted by atomic mass is 79.9. The van der Waals surface area contributed by atoms with E-state index < -0.39 is 6.04 Å². The average Bonchev–Trinajstić information content (AvgIpc) is 3.06. The standard InChI is InChI=1S/C19H21BrN2O2S/c1-12(2)17(21-18(23)13-3-5-15(20)6-4-13)19(24)22-9-7-16-14(11-22)8-10-25-16/h3-6,8,10,12,17H,7,9,11H2,1-2H3,(H,21,23)/t17-/m1/s1. The van der Waals surface area contributed by atoms with Crippen LogP contribution < -0.4 is 5.32 Å². The molecule has 0 spiro atoms. The maximum Gasteiger partial charge on any atom is 0.251 e. The summed E-state index contributed by atoms with van der Waals surface area (Å²) < 4.78 is 0.917. The summed E-state index contributed by atoms with van der Waals surface area (Å²) in [6, 6.07) is 8.72. The molecule has 0 aliphatic carbocycles. The minimum atomic E-state index is -0.517. The summed E-state index contributed by atoms with van der Waals surface area (Å²) in [7, 11) is 0. The molecule has 1 atom stereocenters. The maximum atomic E-state index is 13.0. The third-order valence-corrected chi connectivity index (χ3v) is 6.00. The van der Waals surface area contributed by atoms with E-state index in [2.05, 4.69) is 32.7 Å². The number of hydrogen-bond donors (Lipinski definition) is 1. The van der Waals surface area contributed by atoms with E-state index >= 15 is 0 Å². The molecule has 0 saturated heterocycles. The van der Waals surface area contributed by atoms with Crippen molar-refractivity contribution in [3.05, 3.63) is 56.2 Å². The van der Waals surface area contributed by atoms with Crippen LogP contribution in [0.1, 0.15) is 34.6 Å². The zero-order valence-electron chi connectivity index (χ0n) is 14.3. The second-order valence-corrected chi connectivity index (χ2v) is 8.50. The number of nitrogens with zero attached hydrogens (tertiary/aromatic N) is 1. The van der Waals surface area contributed by atoms with Crippen LogP contribution in [-0.2, 0) is 17.8 Å². The van der Waals surface area contributed by atoms with Gasteiger partial charge in [-0.05, 0) is 53.6 Å². The molecule has 2 amide bonds. The molecule has 1 aliphatic heterocycles. The molecule has 25 heavy (non-hydrogen) atoms. The second kappa shape index (κ2) is 7.70. The summed E-state index contributed by atoms with van der Waals surface area (Å²) in [4.78, 5) is 28.7. The lowest BCUT2D eigenvalue weighted by molar-refractivity contribution is -0.135. The number of benzene rings is 1. The normalized spacial score (nSPS) is 15.0. The Morgan fingerprint density at radius 3 is 2.60 bits per heavy atom. The summed E-state index contributed by atoms with van der Waals surface area (Å²) in [6.45, 7) is 5.27. The third kappa shape index (κ3) is 4.12. The number of halogens is 1. The highest BCUT2D eigenvalue weighted by Crippen LogP contribution is 2.25. The first-order valence-electron chi connectivity index (χ1n) is 8.36. The molecule has 2 aromatic rings. The van der Waals surface area contributed by atoms with Crippen molar-refractivity contribution in [2.24, 2.45) is 5.92 Å². The van der Waals surface area contributed by atoms with Gasteiger partial charge in [-0.25, -0.2) is 0 Å². The van der Waals surface area contributed by atoms with Gasteiger partial charge in [-0.3, -0.25) is 9.59 Å². The summed E-state index contributed by atoms with van der Waals surface area (Å²) in [5.41, 5.74) is 1.78. The van der Waals surface area contributed by atoms with Crippen LogP contribution in [0, 0.1) is 5.92 Å². The molecule has 0 bridgehead atoms. The number of fused-ring (bicyclic) bond motifs is 1. The van der Waals surface area contributed by atoms with Gasteiger partial charge in [-0.2, -0.15) is 0 Å². The Morgan fingerprint density at radius 1 is 1.20 bits per heavy atom. The number of nitrogens with one attached hydrogen (secondary N) is 1. The zero-order chi connectivity index (χ0) is 18.0. The fourth-order valence-corrected chi connectivity index (χ4v) is 4.13. The summed E-state index contributed by atoms with van der Waals surface area (Å²) >= 11 is 5.11. The quantitative estimate of drug-likeness (QED) is 0.816. The molecule has 0 saturated carbocycles. The molecule has 3 rings (SSSR count). The fraction of sp³-hybridized carbons (Fsp3) is 0.368. The first-order valence-corrected chi connectivity index (χ1v) is 10.0. The molecule has 132 valence electrons. The van der Waals surface area contributed by atoms with E-state index in [1.807, 2.05) is 30.9 Å². The molecule has 0 fully saturated rings. The lowest BCUT2D eigenvalue weighted by Gasteiger charge is -2.32. The molecule has 0 unspecified atom stereocenters. The van der Waals surface area contributed by atoms with E-state index in [9.17, 15) is 9.59 Å². The zero-order valence-corrected chi connectivity index (χ0v) is 16.7. The number of thiophene rings is 1. The molecule has 2 heterocycles. The molecule has 4 nitrogen and oxygen atoms in total. The largest absolute Gasteiger partial charge is 0.340 e. The van der Waals surface area contributed by atoms with Crippen molar-refractivity contribution in [3.63, 3.8) is 0 Å². The molecular formula is C19H21BrN2O2S. The third-order valence-electron chi connectivity index (χ3n) is 4.45. The van der Waals surface area contributed by atoms with Gasteiger partial charge < -0.3 is 10.2 Å². The Morgan fingerprint density at radius 2 is 1.92 bits per heavy atom. The van der Waals surface area contributed by atoms with Gasteiger partial charge in [0.2, 0.25) is 5.91 Å². The fourth-order valence-electron chi connectivity index (χ4n) is 2.97. The van der Waals surface area contributed by atoms with Crippen LogP contribution in [0.2, 0.25) is 0 Å². The minimum Gasteiger partial charge on any atom is -0.340 e. The smallest absolute Gasteiger partial charge is 0.251 e. The van der Waals surface area contributed by atoms with Gasteiger partial charge in [0.15, 0.2) is 0 Å². The predicted molar refractivity (Wildman–Crippen MR) is 104 cm³/mol. The van der Waals surface area contributed by atoms with Crippen molar-refractivity contribution in [3.8, 4) is 0 Å². The minimum absolute atomic E-state index is 0.00249. The number of rotatable bonds is 4. The highest BCUT2D eigenvalue weighted by Gasteiger charge is 2.31. The first kappa shape index (κ1) is 18.1. The lowest BCUT2D eigenvalue weighted by Crippen LogP contribution is -2.52. The van der Waals surface area contributed by atoms with Crippen LogP contribution in [0.25, 0.3) is 0 Å². The van der Waals surface area contributed by atoms with Crippen LogP contribution in [0.5, 0.6) is 0 Å². The number of hydrogen-bond acceptors (Lipinski definition) is 3. The second-order valence-electron chi connectivity index (χ2n) is 6.58. The lowest BCUT2D eigenvalue weighted by atomic mass is 10.0. The number of amides is 2. The molecular weight excluding hydrogens is 400 g/mol. The Bertz CT molecular complexity index is 770. The number of carbonyl (C=O) groups excluding carboxylic acids is 2. The van der Waals surface area contributed by atoms with Crippen molar-refractivity contribution in [1.82, 2.24) is 10.2 Å². The highest BCUT2D eigenvalue weighted by molar-refractivity contribution is 9.10. The van der Waals surface area contributed by atoms with Gasteiger partial charge in [0, 0.05) is 28.0 Å². The van der Waals surface area contributed by atoms with E-state index in [4.69, 9.17) is 0 Å². The molecule has 1 aromatic heterocycles. The van der Waals surface area contributed by atoms with E-state index in [0.29, 0.717) is 18.7 Å². The Balaban J connectivity index is 1.71. The molecule has 6 heteroatoms. The Kier molecular flexibility index (Phi) is 5.59. The van der Waals surface area contributed by atoms with Crippen molar-refractivity contribution in [1.29, 1.82) is 0 Å². The first-order chi connectivity index (χ1) is 12.0. The monoisotopic (exact) mass is 420 g/mol. The molecule has 0 radical (unpaired) electrons. The molecule has 1 aromatic carbocycles. The van der Waals surface area contributed by atoms with Crippen molar-refractivity contribution < 1.29 is 9.59 Å². The van der Waals surface area contributed by atoms with Crippen LogP contribution in [-0.4, -0.2) is 29.3 Å². The topological polar surface area (TPSA) is 49.4 Å². The van der Waals surface area contributed by atoms with Gasteiger partial charge in [-0.15, -0.1) is 11.3 Å². The maximum absolute atomic E-state index is 13.0. The van der Waals surface area contributed by atoms with Gasteiger partial charge in [0.05, 0.1) is 0 Å². The van der Waals surface area contributed by atoms with E-state index in [-0.39, 0.29) is 17.7 Å². The van der Waals surface area contributed by atoms with Gasteiger partial charge in [-0.1, -0.05) is 29.8 Å². The van der Waals surface area contributed by atoms with Crippen molar-refractivity contribution >= 4 is 39.1 Å². The van der Waals surface area contributed by atoms with Gasteiger partial charge in [0.25, 0.3) is 5.91 Å². The van der Waals surface area contributed by atoms with Crippen LogP contribution in [0.4, 0.5) is 0 Å². The summed E-state index contributed by atoms with van der Waals surface area (Å²) in [5.74, 6) is -0.194. The van der Waals surface area contributed by atoms with Crippen LogP contribution >= 0.6 is 27.3 Å². The van der Waals surface area contributed by atoms with Gasteiger partial charge >= 0.3 is 0 Å².